The standard InChI is InChI=1S/C18H16FN5OS/c1-10-21-15-8-24(9-16(15)26-10)18(25)23-17-13(20)6-7-14(22-17)11-2-4-12(19)5-3-11/h2-7H,8-9,20H2,1H3,(H,22,23,25). The van der Waals surface area contributed by atoms with E-state index < -0.39 is 0 Å². The van der Waals surface area contributed by atoms with Crippen LogP contribution in [0.3, 0.4) is 0 Å². The van der Waals surface area contributed by atoms with Crippen molar-refractivity contribution in [3.8, 4) is 11.3 Å². The van der Waals surface area contributed by atoms with Crippen LogP contribution in [-0.4, -0.2) is 20.9 Å². The molecule has 0 radical (unpaired) electrons. The van der Waals surface area contributed by atoms with E-state index in [-0.39, 0.29) is 17.7 Å². The van der Waals surface area contributed by atoms with E-state index in [1.165, 1.54) is 12.1 Å². The summed E-state index contributed by atoms with van der Waals surface area (Å²) >= 11 is 1.60. The fraction of sp³-hybridized carbons (Fsp3) is 0.167. The first kappa shape index (κ1) is 16.5. The van der Waals surface area contributed by atoms with Gasteiger partial charge in [0.2, 0.25) is 0 Å². The highest BCUT2D eigenvalue weighted by Crippen LogP contribution is 2.29. The Balaban J connectivity index is 1.52. The van der Waals surface area contributed by atoms with Gasteiger partial charge in [-0.25, -0.2) is 19.2 Å². The van der Waals surface area contributed by atoms with Crippen molar-refractivity contribution in [1.82, 2.24) is 14.9 Å². The number of benzene rings is 1. The number of pyridine rings is 1. The molecule has 3 aromatic rings. The highest BCUT2D eigenvalue weighted by molar-refractivity contribution is 7.11. The Kier molecular flexibility index (Phi) is 4.04. The molecule has 1 aliphatic rings. The van der Waals surface area contributed by atoms with Crippen molar-refractivity contribution in [2.45, 2.75) is 20.0 Å². The number of hydrogen-bond donors (Lipinski definition) is 2. The molecule has 0 saturated heterocycles. The zero-order valence-electron chi connectivity index (χ0n) is 14.0. The largest absolute Gasteiger partial charge is 0.396 e. The predicted molar refractivity (Wildman–Crippen MR) is 99.2 cm³/mol. The van der Waals surface area contributed by atoms with E-state index >= 15 is 0 Å². The van der Waals surface area contributed by atoms with Crippen LogP contribution in [0.15, 0.2) is 36.4 Å². The highest BCUT2D eigenvalue weighted by Gasteiger charge is 2.27. The molecule has 0 fully saturated rings. The molecule has 8 heteroatoms. The second-order valence-corrected chi connectivity index (χ2v) is 7.32. The maximum Gasteiger partial charge on any atom is 0.323 e. The first-order chi connectivity index (χ1) is 12.5. The van der Waals surface area contributed by atoms with Crippen LogP contribution in [0.25, 0.3) is 11.3 Å². The molecule has 2 aromatic heterocycles. The third-order valence-corrected chi connectivity index (χ3v) is 5.14. The summed E-state index contributed by atoms with van der Waals surface area (Å²) in [6, 6.07) is 9.12. The van der Waals surface area contributed by atoms with Gasteiger partial charge in [0.05, 0.1) is 35.2 Å². The number of aryl methyl sites for hydroxylation is 1. The van der Waals surface area contributed by atoms with Crippen molar-refractivity contribution in [2.24, 2.45) is 0 Å². The Bertz CT molecular complexity index is 962. The van der Waals surface area contributed by atoms with E-state index in [1.807, 2.05) is 6.92 Å². The van der Waals surface area contributed by atoms with Gasteiger partial charge in [0.15, 0.2) is 5.82 Å². The van der Waals surface area contributed by atoms with Crippen LogP contribution in [0.5, 0.6) is 0 Å². The van der Waals surface area contributed by atoms with E-state index in [0.29, 0.717) is 24.5 Å². The molecule has 0 aliphatic carbocycles. The van der Waals surface area contributed by atoms with Crippen LogP contribution in [-0.2, 0) is 13.1 Å². The topological polar surface area (TPSA) is 84.1 Å². The van der Waals surface area contributed by atoms with Crippen LogP contribution in [0.4, 0.5) is 20.7 Å². The van der Waals surface area contributed by atoms with Crippen molar-refractivity contribution < 1.29 is 9.18 Å². The van der Waals surface area contributed by atoms with Crippen molar-refractivity contribution in [1.29, 1.82) is 0 Å². The summed E-state index contributed by atoms with van der Waals surface area (Å²) in [5.41, 5.74) is 8.62. The molecule has 0 saturated carbocycles. The van der Waals surface area contributed by atoms with Gasteiger partial charge in [-0.05, 0) is 43.3 Å². The van der Waals surface area contributed by atoms with Gasteiger partial charge in [-0.1, -0.05) is 0 Å². The van der Waals surface area contributed by atoms with E-state index in [0.717, 1.165) is 21.1 Å². The number of carbonyl (C=O) groups excluding carboxylic acids is 1. The molecular formula is C18H16FN5OS. The van der Waals surface area contributed by atoms with Crippen LogP contribution >= 0.6 is 11.3 Å². The van der Waals surface area contributed by atoms with Crippen molar-refractivity contribution in [2.75, 3.05) is 11.1 Å². The Morgan fingerprint density at radius 3 is 2.69 bits per heavy atom. The fourth-order valence-electron chi connectivity index (χ4n) is 2.84. The molecule has 1 aromatic carbocycles. The molecule has 0 atom stereocenters. The number of anilines is 2. The first-order valence-corrected chi connectivity index (χ1v) is 8.85. The molecule has 132 valence electrons. The second kappa shape index (κ2) is 6.38. The number of hydrogen-bond acceptors (Lipinski definition) is 5. The lowest BCUT2D eigenvalue weighted by atomic mass is 10.1. The molecule has 0 bridgehead atoms. The summed E-state index contributed by atoms with van der Waals surface area (Å²) in [4.78, 5) is 24.2. The number of urea groups is 1. The highest BCUT2D eigenvalue weighted by atomic mass is 32.1. The number of aromatic nitrogens is 2. The Morgan fingerprint density at radius 2 is 1.96 bits per heavy atom. The van der Waals surface area contributed by atoms with Gasteiger partial charge in [0.25, 0.3) is 0 Å². The second-order valence-electron chi connectivity index (χ2n) is 6.03. The van der Waals surface area contributed by atoms with E-state index in [4.69, 9.17) is 5.73 Å². The van der Waals surface area contributed by atoms with Gasteiger partial charge >= 0.3 is 6.03 Å². The number of thiazole rings is 1. The van der Waals surface area contributed by atoms with Gasteiger partial charge in [-0.2, -0.15) is 0 Å². The smallest absolute Gasteiger partial charge is 0.323 e. The molecule has 26 heavy (non-hydrogen) atoms. The van der Waals surface area contributed by atoms with Crippen molar-refractivity contribution in [3.05, 3.63) is 57.8 Å². The summed E-state index contributed by atoms with van der Waals surface area (Å²) < 4.78 is 13.1. The average molecular weight is 369 g/mol. The molecule has 2 amide bonds. The monoisotopic (exact) mass is 369 g/mol. The van der Waals surface area contributed by atoms with Crippen LogP contribution < -0.4 is 11.1 Å². The van der Waals surface area contributed by atoms with Gasteiger partial charge in [-0.15, -0.1) is 11.3 Å². The SMILES string of the molecule is Cc1nc2c(s1)CN(C(=O)Nc1nc(-c3ccc(F)cc3)ccc1N)C2. The summed E-state index contributed by atoms with van der Waals surface area (Å²) in [5.74, 6) is -0.0284. The first-order valence-electron chi connectivity index (χ1n) is 8.03. The fourth-order valence-corrected chi connectivity index (χ4v) is 3.81. The number of nitrogens with two attached hydrogens (primary N) is 1. The predicted octanol–water partition coefficient (Wildman–Crippen LogP) is 3.78. The van der Waals surface area contributed by atoms with E-state index in [9.17, 15) is 9.18 Å². The summed E-state index contributed by atoms with van der Waals surface area (Å²) in [6.45, 7) is 2.96. The van der Waals surface area contributed by atoms with E-state index in [1.54, 1.807) is 40.5 Å². The molecule has 0 unspecified atom stereocenters. The lowest BCUT2D eigenvalue weighted by Crippen LogP contribution is -2.31. The molecule has 6 nitrogen and oxygen atoms in total. The molecule has 3 heterocycles. The van der Waals surface area contributed by atoms with Gasteiger partial charge in [0, 0.05) is 10.4 Å². The molecule has 3 N–H and O–H groups in total. The number of fused-ring (bicyclic) bond motifs is 1. The number of rotatable bonds is 2. The average Bonchev–Trinajstić information content (AvgIpc) is 3.15. The zero-order chi connectivity index (χ0) is 18.3. The number of halogens is 1. The van der Waals surface area contributed by atoms with Crippen molar-refractivity contribution >= 4 is 28.9 Å². The number of nitrogens with zero attached hydrogens (tertiary/aromatic N) is 3. The number of nitrogen functional groups attached to an aromatic ring is 1. The summed E-state index contributed by atoms with van der Waals surface area (Å²) in [5, 5.41) is 3.77. The maximum atomic E-state index is 13.1. The molecule has 1 aliphatic heterocycles. The summed E-state index contributed by atoms with van der Waals surface area (Å²) in [6.07, 6.45) is 0. The lowest BCUT2D eigenvalue weighted by molar-refractivity contribution is 0.212. The Labute approximate surface area is 153 Å². The van der Waals surface area contributed by atoms with Gasteiger partial charge in [0.1, 0.15) is 5.82 Å². The molecule has 4 rings (SSSR count). The quantitative estimate of drug-likeness (QED) is 0.720. The number of carbonyl (C=O) groups is 1. The molecule has 0 spiro atoms. The van der Waals surface area contributed by atoms with Crippen LogP contribution in [0.2, 0.25) is 0 Å². The zero-order valence-corrected chi connectivity index (χ0v) is 14.8. The number of nitrogens with one attached hydrogen (secondary N) is 1. The maximum absolute atomic E-state index is 13.1. The Morgan fingerprint density at radius 1 is 1.19 bits per heavy atom. The normalized spacial score (nSPS) is 12.9. The lowest BCUT2D eigenvalue weighted by Gasteiger charge is -2.17. The van der Waals surface area contributed by atoms with Crippen molar-refractivity contribution in [3.63, 3.8) is 0 Å². The van der Waals surface area contributed by atoms with Crippen LogP contribution in [0.1, 0.15) is 15.6 Å². The van der Waals surface area contributed by atoms with E-state index in [2.05, 4.69) is 15.3 Å². The Hall–Kier alpha value is -3.00. The van der Waals surface area contributed by atoms with Crippen LogP contribution in [0, 0.1) is 12.7 Å². The van der Waals surface area contributed by atoms with Gasteiger partial charge in [-0.3, -0.25) is 5.32 Å². The molecular weight excluding hydrogens is 353 g/mol. The number of amides is 2. The third kappa shape index (κ3) is 3.11. The van der Waals surface area contributed by atoms with Gasteiger partial charge < -0.3 is 10.6 Å². The third-order valence-electron chi connectivity index (χ3n) is 4.14. The minimum Gasteiger partial charge on any atom is -0.396 e. The minimum atomic E-state index is -0.317. The minimum absolute atomic E-state index is 0.275. The summed E-state index contributed by atoms with van der Waals surface area (Å²) in [7, 11) is 0.